The molecule has 0 unspecified atom stereocenters. The van der Waals surface area contributed by atoms with Gasteiger partial charge in [-0.15, -0.1) is 0 Å². The van der Waals surface area contributed by atoms with Crippen molar-refractivity contribution in [2.75, 3.05) is 0 Å². The predicted octanol–water partition coefficient (Wildman–Crippen LogP) is 5.97. The second-order valence-corrected chi connectivity index (χ2v) is 11.7. The Kier molecular flexibility index (Phi) is 7.59. The molecule has 0 bridgehead atoms. The Balaban J connectivity index is 1.43. The molecule has 2 heterocycles. The number of ether oxygens (including phenoxy) is 1. The van der Waals surface area contributed by atoms with Gasteiger partial charge in [-0.3, -0.25) is 9.59 Å². The van der Waals surface area contributed by atoms with Gasteiger partial charge in [0.1, 0.15) is 28.3 Å². The van der Waals surface area contributed by atoms with Crippen LogP contribution in [0.4, 0.5) is 4.79 Å². The molecular weight excluding hydrogens is 532 g/mol. The molecule has 5 rings (SSSR count). The van der Waals surface area contributed by atoms with E-state index < -0.39 is 17.7 Å². The summed E-state index contributed by atoms with van der Waals surface area (Å²) in [7, 11) is 0. The lowest BCUT2D eigenvalue weighted by Gasteiger charge is -2.33. The van der Waals surface area contributed by atoms with Crippen molar-refractivity contribution >= 4 is 45.4 Å². The van der Waals surface area contributed by atoms with Crippen LogP contribution in [0, 0.1) is 6.92 Å². The molecule has 1 aliphatic carbocycles. The third-order valence-corrected chi connectivity index (χ3v) is 7.51. The molecule has 2 aromatic heterocycles. The lowest BCUT2D eigenvalue weighted by atomic mass is 9.89. The first kappa shape index (κ1) is 27.7. The molecule has 10 heteroatoms. The Morgan fingerprint density at radius 1 is 1.10 bits per heavy atom. The summed E-state index contributed by atoms with van der Waals surface area (Å²) in [5, 5.41) is 11.6. The number of hydrogen-bond acceptors (Lipinski definition) is 6. The highest BCUT2D eigenvalue weighted by molar-refractivity contribution is 6.37. The van der Waals surface area contributed by atoms with E-state index in [1.807, 2.05) is 30.3 Å². The lowest BCUT2D eigenvalue weighted by Crippen LogP contribution is -2.47. The van der Waals surface area contributed by atoms with Crippen molar-refractivity contribution in [3.63, 3.8) is 0 Å². The number of aromatic nitrogens is 2. The molecule has 9 nitrogen and oxygen atoms in total. The largest absolute Gasteiger partial charge is 0.444 e. The first-order chi connectivity index (χ1) is 19.0. The van der Waals surface area contributed by atoms with Crippen molar-refractivity contribution < 1.29 is 18.8 Å². The van der Waals surface area contributed by atoms with Crippen LogP contribution in [0.1, 0.15) is 69.9 Å². The van der Waals surface area contributed by atoms with Gasteiger partial charge >= 0.3 is 6.09 Å². The summed E-state index contributed by atoms with van der Waals surface area (Å²) >= 11 is 6.58. The molecule has 1 saturated carbocycles. The summed E-state index contributed by atoms with van der Waals surface area (Å²) in [4.78, 5) is 39.9. The maximum Gasteiger partial charge on any atom is 0.408 e. The minimum atomic E-state index is -0.935. The van der Waals surface area contributed by atoms with E-state index in [1.165, 1.54) is 0 Å². The average molecular weight is 565 g/mol. The summed E-state index contributed by atoms with van der Waals surface area (Å²) in [5.74, 6) is 0.100. The second-order valence-electron chi connectivity index (χ2n) is 11.3. The number of fused-ring (bicyclic) bond motifs is 3. The van der Waals surface area contributed by atoms with E-state index in [-0.39, 0.29) is 23.6 Å². The molecule has 2 N–H and O–H groups in total. The van der Waals surface area contributed by atoms with Crippen LogP contribution in [-0.2, 0) is 9.53 Å². The number of carbonyl (C=O) groups excluding carboxylic acids is 2. The molecule has 2 aromatic carbocycles. The van der Waals surface area contributed by atoms with Gasteiger partial charge in [-0.1, -0.05) is 53.2 Å². The molecule has 2 amide bonds. The summed E-state index contributed by atoms with van der Waals surface area (Å²) in [5.41, 5.74) is 0.891. The van der Waals surface area contributed by atoms with Crippen LogP contribution in [0.15, 0.2) is 57.8 Å². The zero-order chi connectivity index (χ0) is 28.6. The van der Waals surface area contributed by atoms with Crippen LogP contribution in [-0.4, -0.2) is 33.4 Å². The summed E-state index contributed by atoms with van der Waals surface area (Å²) in [6.07, 6.45) is 2.18. The number of rotatable bonds is 5. The highest BCUT2D eigenvalue weighted by Crippen LogP contribution is 2.35. The van der Waals surface area contributed by atoms with Crippen molar-refractivity contribution in [1.82, 2.24) is 20.4 Å². The molecule has 0 spiro atoms. The number of alkyl carbamates (subject to hydrolysis) is 1. The molecular formula is C30H33ClN4O5. The SMILES string of the molecule is Cc1onc2c1c(=O)n([C@H]1CCC[C@@H](NC(=O)[C@@H](NC(=O)OC(C)(C)C)c3ccccc3)C1)c1cccc(Cl)c21. The van der Waals surface area contributed by atoms with Gasteiger partial charge in [0.15, 0.2) is 0 Å². The zero-order valence-electron chi connectivity index (χ0n) is 23.0. The molecule has 0 saturated heterocycles. The van der Waals surface area contributed by atoms with Crippen molar-refractivity contribution in [2.45, 2.75) is 77.1 Å². The third-order valence-electron chi connectivity index (χ3n) is 7.20. The Hall–Kier alpha value is -3.85. The van der Waals surface area contributed by atoms with Crippen LogP contribution in [0.5, 0.6) is 0 Å². The molecule has 3 atom stereocenters. The Morgan fingerprint density at radius 2 is 1.85 bits per heavy atom. The first-order valence-corrected chi connectivity index (χ1v) is 13.8. The van der Waals surface area contributed by atoms with Crippen LogP contribution in [0.25, 0.3) is 21.8 Å². The van der Waals surface area contributed by atoms with Gasteiger partial charge in [-0.2, -0.15) is 0 Å². The molecule has 1 fully saturated rings. The van der Waals surface area contributed by atoms with E-state index in [9.17, 15) is 14.4 Å². The molecule has 210 valence electrons. The molecule has 0 aliphatic heterocycles. The van der Waals surface area contributed by atoms with E-state index in [0.717, 1.165) is 19.3 Å². The van der Waals surface area contributed by atoms with Gasteiger partial charge in [-0.05, 0) is 71.1 Å². The van der Waals surface area contributed by atoms with Gasteiger partial charge < -0.3 is 24.5 Å². The monoisotopic (exact) mass is 564 g/mol. The second kappa shape index (κ2) is 11.0. The summed E-state index contributed by atoms with van der Waals surface area (Å²) < 4.78 is 12.6. The minimum Gasteiger partial charge on any atom is -0.444 e. The van der Waals surface area contributed by atoms with Crippen molar-refractivity contribution in [3.8, 4) is 0 Å². The Labute approximate surface area is 236 Å². The predicted molar refractivity (Wildman–Crippen MR) is 154 cm³/mol. The fourth-order valence-electron chi connectivity index (χ4n) is 5.52. The lowest BCUT2D eigenvalue weighted by molar-refractivity contribution is -0.124. The number of nitrogens with zero attached hydrogens (tertiary/aromatic N) is 2. The van der Waals surface area contributed by atoms with E-state index in [0.29, 0.717) is 44.6 Å². The summed E-state index contributed by atoms with van der Waals surface area (Å²) in [6, 6.07) is 13.2. The summed E-state index contributed by atoms with van der Waals surface area (Å²) in [6.45, 7) is 7.02. The van der Waals surface area contributed by atoms with Crippen LogP contribution in [0.3, 0.4) is 0 Å². The number of amides is 2. The van der Waals surface area contributed by atoms with Crippen molar-refractivity contribution in [3.05, 3.63) is 75.2 Å². The number of carbonyl (C=O) groups is 2. The van der Waals surface area contributed by atoms with Crippen LogP contribution < -0.4 is 16.2 Å². The number of halogens is 1. The van der Waals surface area contributed by atoms with Gasteiger partial charge in [0.25, 0.3) is 5.56 Å². The molecule has 0 radical (unpaired) electrons. The van der Waals surface area contributed by atoms with Gasteiger partial charge in [0.2, 0.25) is 5.91 Å². The smallest absolute Gasteiger partial charge is 0.408 e. The number of nitrogens with one attached hydrogen (secondary N) is 2. The van der Waals surface area contributed by atoms with Gasteiger partial charge in [0, 0.05) is 17.5 Å². The van der Waals surface area contributed by atoms with Crippen LogP contribution >= 0.6 is 11.6 Å². The number of pyridine rings is 1. The quantitative estimate of drug-likeness (QED) is 0.308. The highest BCUT2D eigenvalue weighted by Gasteiger charge is 2.32. The number of hydrogen-bond donors (Lipinski definition) is 2. The van der Waals surface area contributed by atoms with E-state index in [4.69, 9.17) is 20.9 Å². The van der Waals surface area contributed by atoms with E-state index in [2.05, 4.69) is 15.8 Å². The van der Waals surface area contributed by atoms with Crippen LogP contribution in [0.2, 0.25) is 5.02 Å². The van der Waals surface area contributed by atoms with Gasteiger partial charge in [0.05, 0.1) is 10.5 Å². The maximum atomic E-state index is 13.8. The topological polar surface area (TPSA) is 115 Å². The van der Waals surface area contributed by atoms with Crippen molar-refractivity contribution in [2.24, 2.45) is 0 Å². The number of benzene rings is 2. The maximum absolute atomic E-state index is 13.8. The third kappa shape index (κ3) is 5.56. The van der Waals surface area contributed by atoms with Gasteiger partial charge in [-0.25, -0.2) is 4.79 Å². The fraction of sp³-hybridized carbons (Fsp3) is 0.400. The fourth-order valence-corrected chi connectivity index (χ4v) is 5.78. The van der Waals surface area contributed by atoms with E-state index >= 15 is 0 Å². The Morgan fingerprint density at radius 3 is 2.58 bits per heavy atom. The highest BCUT2D eigenvalue weighted by atomic mass is 35.5. The zero-order valence-corrected chi connectivity index (χ0v) is 23.7. The Bertz CT molecular complexity index is 1620. The first-order valence-electron chi connectivity index (χ1n) is 13.5. The normalized spacial score (nSPS) is 18.4. The number of aryl methyl sites for hydroxylation is 1. The minimum absolute atomic E-state index is 0.180. The molecule has 1 aliphatic rings. The van der Waals surface area contributed by atoms with E-state index in [1.54, 1.807) is 50.5 Å². The van der Waals surface area contributed by atoms with Crippen molar-refractivity contribution in [1.29, 1.82) is 0 Å². The standard InChI is InChI=1S/C30H33ClN4O5/c1-17-23-26(34-40-17)24-21(31)14-9-15-22(24)35(28(23)37)20-13-8-12-19(16-20)32-27(36)25(18-10-6-5-7-11-18)33-29(38)39-30(2,3)4/h5-7,9-11,14-15,19-20,25H,8,12-13,16H2,1-4H3,(H,32,36)(H,33,38)/t19-,20+,25+/m1/s1. The average Bonchev–Trinajstić information content (AvgIpc) is 3.28. The molecule has 40 heavy (non-hydrogen) atoms. The molecule has 4 aromatic rings.